The van der Waals surface area contributed by atoms with Crippen LogP contribution in [0.25, 0.3) is 0 Å². The maximum atomic E-state index is 12.4. The van der Waals surface area contributed by atoms with E-state index in [1.165, 1.54) is 5.69 Å². The highest BCUT2D eigenvalue weighted by Gasteiger charge is 2.22. The van der Waals surface area contributed by atoms with E-state index in [0.29, 0.717) is 12.6 Å². The lowest BCUT2D eigenvalue weighted by Gasteiger charge is -2.36. The molecule has 2 aliphatic rings. The molecule has 2 heterocycles. The summed E-state index contributed by atoms with van der Waals surface area (Å²) in [6, 6.07) is 10.3. The maximum absolute atomic E-state index is 12.4. The molecule has 25 heavy (non-hydrogen) atoms. The van der Waals surface area contributed by atoms with Gasteiger partial charge in [-0.3, -0.25) is 4.79 Å². The Balaban J connectivity index is 1.47. The molecule has 0 spiro atoms. The van der Waals surface area contributed by atoms with Crippen molar-refractivity contribution in [1.82, 2.24) is 9.80 Å². The topological polar surface area (TPSA) is 74.4 Å². The van der Waals surface area contributed by atoms with Gasteiger partial charge in [0.1, 0.15) is 6.54 Å². The Hall–Kier alpha value is -2.28. The van der Waals surface area contributed by atoms with Crippen molar-refractivity contribution in [2.45, 2.75) is 13.0 Å². The van der Waals surface area contributed by atoms with E-state index in [4.69, 9.17) is 10.5 Å². The molecule has 0 aliphatic carbocycles. The minimum Gasteiger partial charge on any atom is -0.375 e. The minimum absolute atomic E-state index is 0.0389. The van der Waals surface area contributed by atoms with Crippen LogP contribution in [0.1, 0.15) is 6.92 Å². The van der Waals surface area contributed by atoms with Crippen LogP contribution < -0.4 is 10.6 Å². The molecule has 2 N–H and O–H groups in total. The van der Waals surface area contributed by atoms with Crippen molar-refractivity contribution < 1.29 is 9.53 Å². The number of piperazine rings is 1. The number of rotatable bonds is 3. The SMILES string of the molecule is CC1CN(C(N)=NCC(=O)N2CCN(c3ccccc3)CC2)CCO1. The zero-order chi connectivity index (χ0) is 17.6. The molecule has 7 nitrogen and oxygen atoms in total. The first-order chi connectivity index (χ1) is 12.1. The summed E-state index contributed by atoms with van der Waals surface area (Å²) in [6.45, 7) is 7.34. The Morgan fingerprint density at radius 2 is 1.88 bits per heavy atom. The van der Waals surface area contributed by atoms with Crippen LogP contribution in [-0.4, -0.2) is 80.2 Å². The van der Waals surface area contributed by atoms with E-state index < -0.39 is 0 Å². The van der Waals surface area contributed by atoms with Gasteiger partial charge in [-0.1, -0.05) is 18.2 Å². The molecule has 1 amide bonds. The molecule has 1 aromatic carbocycles. The molecule has 3 rings (SSSR count). The first kappa shape index (κ1) is 17.5. The number of aliphatic imine (C=N–C) groups is 1. The molecule has 0 aromatic heterocycles. The lowest BCUT2D eigenvalue weighted by Crippen LogP contribution is -2.50. The Morgan fingerprint density at radius 1 is 1.16 bits per heavy atom. The Labute approximate surface area is 149 Å². The number of hydrogen-bond donors (Lipinski definition) is 1. The molecular formula is C18H27N5O2. The van der Waals surface area contributed by atoms with Gasteiger partial charge in [-0.15, -0.1) is 0 Å². The number of hydrogen-bond acceptors (Lipinski definition) is 4. The van der Waals surface area contributed by atoms with Crippen LogP contribution >= 0.6 is 0 Å². The van der Waals surface area contributed by atoms with Crippen LogP contribution in [0.4, 0.5) is 5.69 Å². The summed E-state index contributed by atoms with van der Waals surface area (Å²) in [4.78, 5) is 22.8. The molecule has 7 heteroatoms. The monoisotopic (exact) mass is 345 g/mol. The molecule has 2 fully saturated rings. The number of amides is 1. The number of morpholine rings is 1. The number of ether oxygens (including phenoxy) is 1. The molecule has 1 aromatic rings. The second-order valence-electron chi connectivity index (χ2n) is 6.51. The maximum Gasteiger partial charge on any atom is 0.244 e. The van der Waals surface area contributed by atoms with Gasteiger partial charge in [-0.25, -0.2) is 4.99 Å². The van der Waals surface area contributed by atoms with Crippen molar-refractivity contribution in [1.29, 1.82) is 0 Å². The highest BCUT2D eigenvalue weighted by Crippen LogP contribution is 2.15. The summed E-state index contributed by atoms with van der Waals surface area (Å²) in [5, 5.41) is 0. The molecule has 0 radical (unpaired) electrons. The third-order valence-electron chi connectivity index (χ3n) is 4.70. The van der Waals surface area contributed by atoms with Crippen molar-refractivity contribution in [3.63, 3.8) is 0 Å². The number of carbonyl (C=O) groups excluding carboxylic acids is 1. The second kappa shape index (κ2) is 8.20. The second-order valence-corrected chi connectivity index (χ2v) is 6.51. The van der Waals surface area contributed by atoms with E-state index in [1.54, 1.807) is 0 Å². The molecule has 2 saturated heterocycles. The number of nitrogens with two attached hydrogens (primary N) is 1. The summed E-state index contributed by atoms with van der Waals surface area (Å²) in [5.41, 5.74) is 7.23. The van der Waals surface area contributed by atoms with Crippen LogP contribution in [0.5, 0.6) is 0 Å². The van der Waals surface area contributed by atoms with Gasteiger partial charge >= 0.3 is 0 Å². The molecule has 1 unspecified atom stereocenters. The summed E-state index contributed by atoms with van der Waals surface area (Å²) < 4.78 is 5.49. The molecule has 2 aliphatic heterocycles. The third kappa shape index (κ3) is 4.63. The predicted molar refractivity (Wildman–Crippen MR) is 98.7 cm³/mol. The molecule has 0 saturated carbocycles. The standard InChI is InChI=1S/C18H27N5O2/c1-15-14-23(11-12-25-15)18(19)20-13-17(24)22-9-7-21(8-10-22)16-5-3-2-4-6-16/h2-6,15H,7-14H2,1H3,(H2,19,20). The molecule has 0 bridgehead atoms. The first-order valence-electron chi connectivity index (χ1n) is 8.88. The van der Waals surface area contributed by atoms with Crippen molar-refractivity contribution in [3.8, 4) is 0 Å². The Morgan fingerprint density at radius 3 is 2.56 bits per heavy atom. The van der Waals surface area contributed by atoms with Crippen LogP contribution in [0.2, 0.25) is 0 Å². The van der Waals surface area contributed by atoms with Gasteiger partial charge in [0.05, 0.1) is 12.7 Å². The Bertz CT molecular complexity index is 599. The summed E-state index contributed by atoms with van der Waals surface area (Å²) in [7, 11) is 0. The smallest absolute Gasteiger partial charge is 0.244 e. The van der Waals surface area contributed by atoms with Crippen molar-refractivity contribution in [3.05, 3.63) is 30.3 Å². The summed E-state index contributed by atoms with van der Waals surface area (Å²) in [5.74, 6) is 0.475. The van der Waals surface area contributed by atoms with E-state index in [9.17, 15) is 4.79 Å². The quantitative estimate of drug-likeness (QED) is 0.633. The van der Waals surface area contributed by atoms with Crippen molar-refractivity contribution in [2.24, 2.45) is 10.7 Å². The van der Waals surface area contributed by atoms with E-state index in [0.717, 1.165) is 39.3 Å². The number of guanidine groups is 1. The highest BCUT2D eigenvalue weighted by atomic mass is 16.5. The fourth-order valence-corrected chi connectivity index (χ4v) is 3.23. The van der Waals surface area contributed by atoms with Gasteiger partial charge in [0, 0.05) is 45.0 Å². The number of benzene rings is 1. The fourth-order valence-electron chi connectivity index (χ4n) is 3.23. The third-order valence-corrected chi connectivity index (χ3v) is 4.70. The zero-order valence-corrected chi connectivity index (χ0v) is 14.8. The van der Waals surface area contributed by atoms with Crippen LogP contribution in [0.3, 0.4) is 0 Å². The summed E-state index contributed by atoms with van der Waals surface area (Å²) >= 11 is 0. The number of anilines is 1. The lowest BCUT2D eigenvalue weighted by atomic mass is 10.2. The van der Waals surface area contributed by atoms with Crippen molar-refractivity contribution >= 4 is 17.6 Å². The Kier molecular flexibility index (Phi) is 5.75. The summed E-state index contributed by atoms with van der Waals surface area (Å²) in [6.07, 6.45) is 0.143. The number of para-hydroxylation sites is 1. The normalized spacial score (nSPS) is 22.2. The van der Waals surface area contributed by atoms with E-state index in [2.05, 4.69) is 22.0 Å². The highest BCUT2D eigenvalue weighted by molar-refractivity contribution is 5.84. The number of nitrogens with zero attached hydrogens (tertiary/aromatic N) is 4. The minimum atomic E-state index is 0.0389. The van der Waals surface area contributed by atoms with E-state index >= 15 is 0 Å². The van der Waals surface area contributed by atoms with Crippen LogP contribution in [0.15, 0.2) is 35.3 Å². The van der Waals surface area contributed by atoms with Gasteiger partial charge in [-0.05, 0) is 19.1 Å². The fraction of sp³-hybridized carbons (Fsp3) is 0.556. The van der Waals surface area contributed by atoms with E-state index in [-0.39, 0.29) is 18.6 Å². The van der Waals surface area contributed by atoms with Gasteiger partial charge in [0.2, 0.25) is 5.91 Å². The molecule has 136 valence electrons. The van der Waals surface area contributed by atoms with E-state index in [1.807, 2.05) is 34.9 Å². The number of carbonyl (C=O) groups is 1. The average molecular weight is 345 g/mol. The van der Waals surface area contributed by atoms with Gasteiger partial charge in [0.15, 0.2) is 5.96 Å². The first-order valence-corrected chi connectivity index (χ1v) is 8.88. The molecular weight excluding hydrogens is 318 g/mol. The van der Waals surface area contributed by atoms with Gasteiger partial charge < -0.3 is 25.2 Å². The van der Waals surface area contributed by atoms with Crippen molar-refractivity contribution in [2.75, 3.05) is 57.3 Å². The van der Waals surface area contributed by atoms with Crippen LogP contribution in [-0.2, 0) is 9.53 Å². The molecule has 1 atom stereocenters. The predicted octanol–water partition coefficient (Wildman–Crippen LogP) is 0.371. The average Bonchev–Trinajstić information content (AvgIpc) is 2.66. The zero-order valence-electron chi connectivity index (χ0n) is 14.8. The largest absolute Gasteiger partial charge is 0.375 e. The van der Waals surface area contributed by atoms with Crippen LogP contribution in [0, 0.1) is 0 Å². The van der Waals surface area contributed by atoms with Gasteiger partial charge in [0.25, 0.3) is 0 Å². The van der Waals surface area contributed by atoms with Gasteiger partial charge in [-0.2, -0.15) is 0 Å². The lowest BCUT2D eigenvalue weighted by molar-refractivity contribution is -0.129.